The average Bonchev–Trinajstić information content (AvgIpc) is 2.75. The van der Waals surface area contributed by atoms with Crippen LogP contribution in [0.4, 0.5) is 16.2 Å². The first-order chi connectivity index (χ1) is 16.0. The summed E-state index contributed by atoms with van der Waals surface area (Å²) >= 11 is 0. The summed E-state index contributed by atoms with van der Waals surface area (Å²) in [5, 5.41) is 0. The Kier molecular flexibility index (Phi) is 7.59. The van der Waals surface area contributed by atoms with Gasteiger partial charge >= 0.3 is 6.09 Å². The lowest BCUT2D eigenvalue weighted by molar-refractivity contribution is -0.128. The molecule has 0 unspecified atom stereocenters. The third kappa shape index (κ3) is 6.12. The van der Waals surface area contributed by atoms with Crippen LogP contribution in [0, 0.1) is 6.92 Å². The molecule has 34 heavy (non-hydrogen) atoms. The standard InChI is InChI=1S/C26H36N4O4/c1-18-23(33-21-10-8-7-9-11-21)13-12-22(27)24(18)29-14-15-30(25(32)34-26(3,4)5)20(17-29)16-28(6)19(2)31/h7-13,20H,14-17,27H2,1-6H3/t20-/m0/s1. The summed E-state index contributed by atoms with van der Waals surface area (Å²) < 4.78 is 11.8. The smallest absolute Gasteiger partial charge is 0.410 e. The van der Waals surface area contributed by atoms with Gasteiger partial charge in [0, 0.05) is 45.7 Å². The van der Waals surface area contributed by atoms with Crippen LogP contribution in [-0.4, -0.2) is 66.7 Å². The summed E-state index contributed by atoms with van der Waals surface area (Å²) in [6, 6.07) is 13.1. The monoisotopic (exact) mass is 468 g/mol. The number of rotatable bonds is 5. The molecule has 184 valence electrons. The van der Waals surface area contributed by atoms with Crippen LogP contribution in [0.1, 0.15) is 33.3 Å². The quantitative estimate of drug-likeness (QED) is 0.659. The average molecular weight is 469 g/mol. The largest absolute Gasteiger partial charge is 0.457 e. The number of nitrogen functional groups attached to an aromatic ring is 1. The van der Waals surface area contributed by atoms with Gasteiger partial charge in [-0.25, -0.2) is 4.79 Å². The molecular formula is C26H36N4O4. The Morgan fingerprint density at radius 2 is 1.79 bits per heavy atom. The molecule has 2 aromatic carbocycles. The minimum Gasteiger partial charge on any atom is -0.457 e. The molecule has 0 spiro atoms. The molecule has 0 aromatic heterocycles. The molecule has 0 aliphatic carbocycles. The van der Waals surface area contributed by atoms with Crippen molar-refractivity contribution in [1.82, 2.24) is 9.80 Å². The van der Waals surface area contributed by atoms with Crippen molar-refractivity contribution >= 4 is 23.4 Å². The van der Waals surface area contributed by atoms with E-state index in [-0.39, 0.29) is 18.0 Å². The van der Waals surface area contributed by atoms with Crippen LogP contribution in [0.15, 0.2) is 42.5 Å². The van der Waals surface area contributed by atoms with Crippen LogP contribution in [-0.2, 0) is 9.53 Å². The number of nitrogens with two attached hydrogens (primary N) is 1. The van der Waals surface area contributed by atoms with Crippen molar-refractivity contribution in [2.24, 2.45) is 0 Å². The van der Waals surface area contributed by atoms with E-state index in [9.17, 15) is 9.59 Å². The maximum atomic E-state index is 12.9. The second-order valence-corrected chi connectivity index (χ2v) is 9.71. The van der Waals surface area contributed by atoms with E-state index in [0.717, 1.165) is 22.7 Å². The number of para-hydroxylation sites is 1. The van der Waals surface area contributed by atoms with Crippen molar-refractivity contribution in [1.29, 1.82) is 0 Å². The van der Waals surface area contributed by atoms with E-state index < -0.39 is 5.60 Å². The van der Waals surface area contributed by atoms with Crippen molar-refractivity contribution < 1.29 is 19.1 Å². The third-order valence-corrected chi connectivity index (χ3v) is 5.83. The Morgan fingerprint density at radius 1 is 1.12 bits per heavy atom. The van der Waals surface area contributed by atoms with Gasteiger partial charge in [0.05, 0.1) is 17.4 Å². The number of benzene rings is 2. The Bertz CT molecular complexity index is 1020. The van der Waals surface area contributed by atoms with Crippen LogP contribution < -0.4 is 15.4 Å². The maximum absolute atomic E-state index is 12.9. The molecule has 2 N–H and O–H groups in total. The summed E-state index contributed by atoms with van der Waals surface area (Å²) in [6.07, 6.45) is -0.375. The number of carbonyl (C=O) groups excluding carboxylic acids is 2. The van der Waals surface area contributed by atoms with Gasteiger partial charge in [-0.05, 0) is 52.0 Å². The molecule has 0 bridgehead atoms. The number of carbonyl (C=O) groups is 2. The summed E-state index contributed by atoms with van der Waals surface area (Å²) in [7, 11) is 1.74. The minimum atomic E-state index is -0.602. The summed E-state index contributed by atoms with van der Waals surface area (Å²) in [6.45, 7) is 11.0. The van der Waals surface area contributed by atoms with Crippen LogP contribution in [0.3, 0.4) is 0 Å². The minimum absolute atomic E-state index is 0.0600. The number of piperazine rings is 1. The number of likely N-dealkylation sites (N-methyl/N-ethyl adjacent to an activating group) is 1. The first-order valence-electron chi connectivity index (χ1n) is 11.5. The van der Waals surface area contributed by atoms with Crippen LogP contribution in [0.25, 0.3) is 0 Å². The van der Waals surface area contributed by atoms with Crippen LogP contribution in [0.5, 0.6) is 11.5 Å². The van der Waals surface area contributed by atoms with Gasteiger partial charge in [0.1, 0.15) is 17.1 Å². The molecule has 1 aliphatic rings. The van der Waals surface area contributed by atoms with Crippen LogP contribution >= 0.6 is 0 Å². The van der Waals surface area contributed by atoms with Crippen molar-refractivity contribution in [2.45, 2.75) is 46.3 Å². The number of anilines is 2. The first-order valence-corrected chi connectivity index (χ1v) is 11.5. The SMILES string of the molecule is CC(=O)N(C)C[C@H]1CN(c2c(N)ccc(Oc3ccccc3)c2C)CCN1C(=O)OC(C)(C)C. The highest BCUT2D eigenvalue weighted by atomic mass is 16.6. The Morgan fingerprint density at radius 3 is 2.41 bits per heavy atom. The Balaban J connectivity index is 1.88. The van der Waals surface area contributed by atoms with Crippen molar-refractivity contribution in [3.8, 4) is 11.5 Å². The fourth-order valence-corrected chi connectivity index (χ4v) is 4.07. The van der Waals surface area contributed by atoms with E-state index in [1.165, 1.54) is 6.92 Å². The third-order valence-electron chi connectivity index (χ3n) is 5.83. The predicted octanol–water partition coefficient (Wildman–Crippen LogP) is 4.27. The normalized spacial score (nSPS) is 16.2. The summed E-state index contributed by atoms with van der Waals surface area (Å²) in [5.74, 6) is 1.41. The zero-order valence-corrected chi connectivity index (χ0v) is 21.0. The van der Waals surface area contributed by atoms with Gasteiger partial charge in [0.25, 0.3) is 0 Å². The number of amides is 2. The van der Waals surface area contributed by atoms with E-state index in [1.54, 1.807) is 16.8 Å². The van der Waals surface area contributed by atoms with Gasteiger partial charge in [0.15, 0.2) is 0 Å². The molecule has 1 saturated heterocycles. The topological polar surface area (TPSA) is 88.3 Å². The molecular weight excluding hydrogens is 432 g/mol. The van der Waals surface area contributed by atoms with Crippen molar-refractivity contribution in [3.05, 3.63) is 48.0 Å². The number of hydrogen-bond donors (Lipinski definition) is 1. The summed E-state index contributed by atoms with van der Waals surface area (Å²) in [5.41, 5.74) is 8.27. The van der Waals surface area contributed by atoms with Gasteiger partial charge in [-0.15, -0.1) is 0 Å². The van der Waals surface area contributed by atoms with Gasteiger partial charge in [-0.2, -0.15) is 0 Å². The first kappa shape index (κ1) is 25.2. The lowest BCUT2D eigenvalue weighted by atomic mass is 10.1. The zero-order valence-electron chi connectivity index (χ0n) is 21.0. The molecule has 8 heteroatoms. The number of ether oxygens (including phenoxy) is 2. The second-order valence-electron chi connectivity index (χ2n) is 9.71. The lowest BCUT2D eigenvalue weighted by Crippen LogP contribution is -2.59. The van der Waals surface area contributed by atoms with Gasteiger partial charge in [-0.3, -0.25) is 9.69 Å². The van der Waals surface area contributed by atoms with Crippen molar-refractivity contribution in [2.75, 3.05) is 43.9 Å². The lowest BCUT2D eigenvalue weighted by Gasteiger charge is -2.44. The Hall–Kier alpha value is -3.42. The molecule has 1 aliphatic heterocycles. The van der Waals surface area contributed by atoms with E-state index in [0.29, 0.717) is 31.9 Å². The zero-order chi connectivity index (χ0) is 25.0. The molecule has 8 nitrogen and oxygen atoms in total. The van der Waals surface area contributed by atoms with E-state index >= 15 is 0 Å². The molecule has 1 fully saturated rings. The van der Waals surface area contributed by atoms with E-state index in [4.69, 9.17) is 15.2 Å². The number of hydrogen-bond acceptors (Lipinski definition) is 6. The fraction of sp³-hybridized carbons (Fsp3) is 0.462. The highest BCUT2D eigenvalue weighted by molar-refractivity contribution is 5.76. The highest BCUT2D eigenvalue weighted by Crippen LogP contribution is 2.37. The molecule has 1 atom stereocenters. The Labute approximate surface area is 202 Å². The van der Waals surface area contributed by atoms with Gasteiger partial charge in [-0.1, -0.05) is 18.2 Å². The van der Waals surface area contributed by atoms with Crippen LogP contribution in [0.2, 0.25) is 0 Å². The van der Waals surface area contributed by atoms with E-state index in [2.05, 4.69) is 4.90 Å². The highest BCUT2D eigenvalue weighted by Gasteiger charge is 2.35. The van der Waals surface area contributed by atoms with Gasteiger partial charge in [0.2, 0.25) is 5.91 Å². The van der Waals surface area contributed by atoms with Gasteiger partial charge < -0.3 is 25.0 Å². The van der Waals surface area contributed by atoms with Crippen molar-refractivity contribution in [3.63, 3.8) is 0 Å². The summed E-state index contributed by atoms with van der Waals surface area (Å²) in [4.78, 5) is 30.4. The fourth-order valence-electron chi connectivity index (χ4n) is 4.07. The maximum Gasteiger partial charge on any atom is 0.410 e. The molecule has 3 rings (SSSR count). The molecule has 1 heterocycles. The molecule has 0 saturated carbocycles. The predicted molar refractivity (Wildman–Crippen MR) is 134 cm³/mol. The number of nitrogens with zero attached hydrogens (tertiary/aromatic N) is 3. The van der Waals surface area contributed by atoms with E-state index in [1.807, 2.05) is 70.2 Å². The second kappa shape index (κ2) is 10.2. The molecule has 2 aromatic rings. The molecule has 2 amide bonds. The molecule has 0 radical (unpaired) electrons.